The average Bonchev–Trinajstić information content (AvgIpc) is 2.52. The van der Waals surface area contributed by atoms with Gasteiger partial charge in [0.15, 0.2) is 6.61 Å². The second kappa shape index (κ2) is 7.42. The van der Waals surface area contributed by atoms with Crippen LogP contribution in [0.3, 0.4) is 0 Å². The molecule has 0 aromatic heterocycles. The minimum Gasteiger partial charge on any atom is -0.484 e. The largest absolute Gasteiger partial charge is 0.484 e. The third-order valence-electron chi connectivity index (χ3n) is 3.03. The molecule has 2 rings (SSSR count). The maximum absolute atomic E-state index is 11.4. The van der Waals surface area contributed by atoms with Gasteiger partial charge in [-0.2, -0.15) is 5.10 Å². The molecule has 0 fully saturated rings. The number of benzene rings is 1. The number of hydrogen-bond donors (Lipinski definition) is 2. The molecular weight excluding hydrogens is 270 g/mol. The lowest BCUT2D eigenvalue weighted by Crippen LogP contribution is -2.29. The molecular formula is C15H19N3O3. The standard InChI is InChI=1S/C15H19N3O3/c1-2-9-16-15(20)10-21-12-5-3-11(4-6-12)13-7-8-14(19)18-17-13/h3-6H,2,7-10H2,1H3,(H,16,20)(H,18,19). The van der Waals surface area contributed by atoms with Crippen LogP contribution in [0.15, 0.2) is 29.4 Å². The maximum atomic E-state index is 11.4. The third kappa shape index (κ3) is 4.59. The molecule has 6 heteroatoms. The number of hydrazone groups is 1. The Kier molecular flexibility index (Phi) is 5.31. The molecule has 2 amide bonds. The smallest absolute Gasteiger partial charge is 0.257 e. The highest BCUT2D eigenvalue weighted by atomic mass is 16.5. The van der Waals surface area contributed by atoms with Crippen molar-refractivity contribution in [2.24, 2.45) is 5.10 Å². The Morgan fingerprint density at radius 2 is 2.10 bits per heavy atom. The molecule has 0 saturated heterocycles. The van der Waals surface area contributed by atoms with Crippen LogP contribution in [0.25, 0.3) is 0 Å². The van der Waals surface area contributed by atoms with Gasteiger partial charge < -0.3 is 10.1 Å². The summed E-state index contributed by atoms with van der Waals surface area (Å²) in [4.78, 5) is 22.5. The highest BCUT2D eigenvalue weighted by Crippen LogP contribution is 2.15. The van der Waals surface area contributed by atoms with Gasteiger partial charge >= 0.3 is 0 Å². The van der Waals surface area contributed by atoms with E-state index in [4.69, 9.17) is 4.74 Å². The topological polar surface area (TPSA) is 79.8 Å². The normalized spacial score (nSPS) is 14.1. The molecule has 112 valence electrons. The van der Waals surface area contributed by atoms with Crippen LogP contribution >= 0.6 is 0 Å². The van der Waals surface area contributed by atoms with Gasteiger partial charge in [-0.15, -0.1) is 0 Å². The number of amides is 2. The van der Waals surface area contributed by atoms with Crippen molar-refractivity contribution in [1.29, 1.82) is 0 Å². The number of rotatable bonds is 6. The lowest BCUT2D eigenvalue weighted by molar-refractivity contribution is -0.123. The van der Waals surface area contributed by atoms with Crippen LogP contribution in [0.2, 0.25) is 0 Å². The van der Waals surface area contributed by atoms with E-state index >= 15 is 0 Å². The summed E-state index contributed by atoms with van der Waals surface area (Å²) in [5.41, 5.74) is 4.26. The van der Waals surface area contributed by atoms with E-state index in [1.165, 1.54) is 0 Å². The molecule has 6 nitrogen and oxygen atoms in total. The molecule has 1 aromatic rings. The van der Waals surface area contributed by atoms with E-state index in [9.17, 15) is 9.59 Å². The van der Waals surface area contributed by atoms with Crippen LogP contribution in [0.5, 0.6) is 5.75 Å². The number of nitrogens with one attached hydrogen (secondary N) is 2. The van der Waals surface area contributed by atoms with Crippen molar-refractivity contribution in [2.75, 3.05) is 13.2 Å². The van der Waals surface area contributed by atoms with E-state index in [0.29, 0.717) is 25.1 Å². The molecule has 0 saturated carbocycles. The summed E-state index contributed by atoms with van der Waals surface area (Å²) in [6.45, 7) is 2.67. The van der Waals surface area contributed by atoms with Crippen molar-refractivity contribution in [2.45, 2.75) is 26.2 Å². The van der Waals surface area contributed by atoms with Gasteiger partial charge in [0, 0.05) is 19.4 Å². The fraction of sp³-hybridized carbons (Fsp3) is 0.400. The van der Waals surface area contributed by atoms with E-state index in [0.717, 1.165) is 17.7 Å². The lowest BCUT2D eigenvalue weighted by atomic mass is 10.0. The zero-order chi connectivity index (χ0) is 15.1. The first-order valence-electron chi connectivity index (χ1n) is 7.04. The molecule has 21 heavy (non-hydrogen) atoms. The Morgan fingerprint density at radius 1 is 1.33 bits per heavy atom. The van der Waals surface area contributed by atoms with Crippen LogP contribution in [0.4, 0.5) is 0 Å². The highest BCUT2D eigenvalue weighted by Gasteiger charge is 2.13. The molecule has 1 aliphatic rings. The van der Waals surface area contributed by atoms with E-state index in [1.54, 1.807) is 12.1 Å². The predicted molar refractivity (Wildman–Crippen MR) is 79.2 cm³/mol. The SMILES string of the molecule is CCCNC(=O)COc1ccc(C2=NNC(=O)CC2)cc1. The molecule has 0 spiro atoms. The Bertz CT molecular complexity index is 538. The predicted octanol–water partition coefficient (Wildman–Crippen LogP) is 1.21. The lowest BCUT2D eigenvalue weighted by Gasteiger charge is -2.12. The second-order valence-electron chi connectivity index (χ2n) is 4.76. The van der Waals surface area contributed by atoms with Crippen LogP contribution in [0, 0.1) is 0 Å². The van der Waals surface area contributed by atoms with Crippen molar-refractivity contribution in [1.82, 2.24) is 10.7 Å². The van der Waals surface area contributed by atoms with Crippen molar-refractivity contribution in [3.8, 4) is 5.75 Å². The Morgan fingerprint density at radius 3 is 2.71 bits per heavy atom. The fourth-order valence-corrected chi connectivity index (χ4v) is 1.89. The van der Waals surface area contributed by atoms with Gasteiger partial charge in [0.25, 0.3) is 5.91 Å². The first-order valence-corrected chi connectivity index (χ1v) is 7.04. The van der Waals surface area contributed by atoms with E-state index in [1.807, 2.05) is 19.1 Å². The summed E-state index contributed by atoms with van der Waals surface area (Å²) in [6, 6.07) is 7.33. The number of hydrogen-bond acceptors (Lipinski definition) is 4. The summed E-state index contributed by atoms with van der Waals surface area (Å²) in [6.07, 6.45) is 1.99. The van der Waals surface area contributed by atoms with Gasteiger partial charge in [0.1, 0.15) is 5.75 Å². The summed E-state index contributed by atoms with van der Waals surface area (Å²) >= 11 is 0. The molecule has 0 atom stereocenters. The van der Waals surface area contributed by atoms with E-state index < -0.39 is 0 Å². The van der Waals surface area contributed by atoms with Crippen LogP contribution < -0.4 is 15.5 Å². The maximum Gasteiger partial charge on any atom is 0.257 e. The molecule has 0 unspecified atom stereocenters. The molecule has 0 bridgehead atoms. The van der Waals surface area contributed by atoms with Gasteiger partial charge in [0.2, 0.25) is 5.91 Å². The van der Waals surface area contributed by atoms with Crippen molar-refractivity contribution >= 4 is 17.5 Å². The number of carbonyl (C=O) groups is 2. The van der Waals surface area contributed by atoms with Gasteiger partial charge in [-0.25, -0.2) is 5.43 Å². The van der Waals surface area contributed by atoms with Gasteiger partial charge in [-0.3, -0.25) is 9.59 Å². The minimum absolute atomic E-state index is 0.0103. The number of nitrogens with zero attached hydrogens (tertiary/aromatic N) is 1. The Hall–Kier alpha value is -2.37. The quantitative estimate of drug-likeness (QED) is 0.826. The number of ether oxygens (including phenoxy) is 1. The molecule has 0 aliphatic carbocycles. The molecule has 0 radical (unpaired) electrons. The monoisotopic (exact) mass is 289 g/mol. The van der Waals surface area contributed by atoms with E-state index in [-0.39, 0.29) is 18.4 Å². The van der Waals surface area contributed by atoms with E-state index in [2.05, 4.69) is 15.8 Å². The molecule has 1 heterocycles. The Labute approximate surface area is 123 Å². The molecule has 1 aromatic carbocycles. The third-order valence-corrected chi connectivity index (χ3v) is 3.03. The first-order chi connectivity index (χ1) is 10.2. The summed E-state index contributed by atoms with van der Waals surface area (Å²) in [7, 11) is 0. The van der Waals surface area contributed by atoms with Crippen molar-refractivity contribution in [3.05, 3.63) is 29.8 Å². The highest BCUT2D eigenvalue weighted by molar-refractivity contribution is 6.04. The minimum atomic E-state index is -0.125. The van der Waals surface area contributed by atoms with Gasteiger partial charge in [-0.1, -0.05) is 6.92 Å². The Balaban J connectivity index is 1.87. The van der Waals surface area contributed by atoms with Crippen LogP contribution in [-0.4, -0.2) is 30.7 Å². The fourth-order valence-electron chi connectivity index (χ4n) is 1.89. The summed E-state index contributed by atoms with van der Waals surface area (Å²) in [5, 5.41) is 6.78. The zero-order valence-electron chi connectivity index (χ0n) is 12.0. The molecule has 2 N–H and O–H groups in total. The van der Waals surface area contributed by atoms with Crippen molar-refractivity contribution < 1.29 is 14.3 Å². The number of carbonyl (C=O) groups excluding carboxylic acids is 2. The average molecular weight is 289 g/mol. The summed E-state index contributed by atoms with van der Waals surface area (Å²) in [5.74, 6) is 0.447. The van der Waals surface area contributed by atoms with Crippen LogP contribution in [-0.2, 0) is 9.59 Å². The van der Waals surface area contributed by atoms with Crippen molar-refractivity contribution in [3.63, 3.8) is 0 Å². The van der Waals surface area contributed by atoms with Gasteiger partial charge in [-0.05, 0) is 36.2 Å². The van der Waals surface area contributed by atoms with Gasteiger partial charge in [0.05, 0.1) is 5.71 Å². The summed E-state index contributed by atoms with van der Waals surface area (Å²) < 4.78 is 5.40. The molecule has 1 aliphatic heterocycles. The first kappa shape index (κ1) is 15.0. The zero-order valence-corrected chi connectivity index (χ0v) is 12.0. The van der Waals surface area contributed by atoms with Crippen LogP contribution in [0.1, 0.15) is 31.7 Å². The second-order valence-corrected chi connectivity index (χ2v) is 4.76.